The molecule has 0 N–H and O–H groups in total. The molecule has 1 aliphatic rings. The molecule has 8 heteroatoms. The van der Waals surface area contributed by atoms with Crippen molar-refractivity contribution in [2.45, 2.75) is 32.2 Å². The average molecular weight is 453 g/mol. The lowest BCUT2D eigenvalue weighted by Crippen LogP contribution is -2.38. The van der Waals surface area contributed by atoms with Crippen LogP contribution in [0.3, 0.4) is 0 Å². The molecule has 0 spiro atoms. The Kier molecular flexibility index (Phi) is 7.91. The number of fused-ring (bicyclic) bond motifs is 1. The Morgan fingerprint density at radius 2 is 1.91 bits per heavy atom. The van der Waals surface area contributed by atoms with E-state index in [1.54, 1.807) is 13.2 Å². The Balaban J connectivity index is 1.35. The molecule has 1 fully saturated rings. The van der Waals surface area contributed by atoms with Crippen LogP contribution in [0.5, 0.6) is 5.75 Å². The van der Waals surface area contributed by atoms with Gasteiger partial charge in [0.05, 0.1) is 32.4 Å². The van der Waals surface area contributed by atoms with Gasteiger partial charge in [-0.25, -0.2) is 9.97 Å². The van der Waals surface area contributed by atoms with Gasteiger partial charge in [-0.15, -0.1) is 0 Å². The van der Waals surface area contributed by atoms with Gasteiger partial charge in [0.1, 0.15) is 17.3 Å². The van der Waals surface area contributed by atoms with Crippen molar-refractivity contribution in [1.29, 1.82) is 0 Å². The van der Waals surface area contributed by atoms with Gasteiger partial charge in [0.25, 0.3) is 5.91 Å². The third kappa shape index (κ3) is 5.51. The lowest BCUT2D eigenvalue weighted by atomic mass is 9.95. The number of para-hydroxylation sites is 1. The lowest BCUT2D eigenvalue weighted by Gasteiger charge is -2.32. The summed E-state index contributed by atoms with van der Waals surface area (Å²) in [6.07, 6.45) is 5.60. The zero-order valence-electron chi connectivity index (χ0n) is 19.4. The second kappa shape index (κ2) is 11.2. The number of aromatic nitrogens is 3. The van der Waals surface area contributed by atoms with Gasteiger partial charge in [-0.3, -0.25) is 4.79 Å². The van der Waals surface area contributed by atoms with Crippen LogP contribution in [-0.2, 0) is 16.0 Å². The van der Waals surface area contributed by atoms with E-state index >= 15 is 0 Å². The number of amides is 1. The normalized spacial score (nSPS) is 14.7. The molecule has 1 saturated heterocycles. The molecule has 8 nitrogen and oxygen atoms in total. The number of benzene rings is 1. The molecule has 33 heavy (non-hydrogen) atoms. The van der Waals surface area contributed by atoms with Crippen molar-refractivity contribution in [2.24, 2.45) is 0 Å². The number of imidazole rings is 1. The zero-order valence-corrected chi connectivity index (χ0v) is 19.4. The van der Waals surface area contributed by atoms with Crippen LogP contribution in [0.1, 0.15) is 42.0 Å². The number of nitrogens with zero attached hydrogens (tertiary/aromatic N) is 4. The summed E-state index contributed by atoms with van der Waals surface area (Å²) in [5, 5.41) is 0.906. The van der Waals surface area contributed by atoms with Crippen molar-refractivity contribution in [3.05, 3.63) is 54.2 Å². The van der Waals surface area contributed by atoms with E-state index < -0.39 is 0 Å². The first-order valence-corrected chi connectivity index (χ1v) is 11.6. The summed E-state index contributed by atoms with van der Waals surface area (Å²) in [6.45, 7) is 6.66. The van der Waals surface area contributed by atoms with E-state index in [9.17, 15) is 4.79 Å². The highest BCUT2D eigenvalue weighted by atomic mass is 16.5. The Bertz CT molecular complexity index is 1060. The minimum Gasteiger partial charge on any atom is -0.496 e. The number of rotatable bonds is 10. The Morgan fingerprint density at radius 3 is 2.70 bits per heavy atom. The van der Waals surface area contributed by atoms with Crippen LogP contribution in [0.25, 0.3) is 10.9 Å². The zero-order chi connectivity index (χ0) is 23.0. The maximum Gasteiger partial charge on any atom is 0.272 e. The molecule has 0 saturated carbocycles. The van der Waals surface area contributed by atoms with Crippen molar-refractivity contribution in [1.82, 2.24) is 19.4 Å². The van der Waals surface area contributed by atoms with E-state index in [0.29, 0.717) is 56.9 Å². The average Bonchev–Trinajstić information content (AvgIpc) is 3.33. The van der Waals surface area contributed by atoms with Crippen LogP contribution in [0.15, 0.2) is 42.7 Å². The first-order chi connectivity index (χ1) is 16.2. The molecule has 2 aromatic heterocycles. The molecule has 1 amide bonds. The van der Waals surface area contributed by atoms with Crippen molar-refractivity contribution < 1.29 is 19.0 Å². The summed E-state index contributed by atoms with van der Waals surface area (Å²) >= 11 is 0. The van der Waals surface area contributed by atoms with Crippen molar-refractivity contribution >= 4 is 16.8 Å². The highest BCUT2D eigenvalue weighted by Crippen LogP contribution is 2.29. The second-order valence-electron chi connectivity index (χ2n) is 8.08. The van der Waals surface area contributed by atoms with Crippen LogP contribution < -0.4 is 4.74 Å². The predicted octanol–water partition coefficient (Wildman–Crippen LogP) is 3.51. The third-order valence-corrected chi connectivity index (χ3v) is 6.06. The molecule has 0 radical (unpaired) electrons. The largest absolute Gasteiger partial charge is 0.496 e. The van der Waals surface area contributed by atoms with Gasteiger partial charge in [-0.2, -0.15) is 0 Å². The molecule has 4 rings (SSSR count). The molecular weight excluding hydrogens is 420 g/mol. The molecular formula is C25H32N4O4. The van der Waals surface area contributed by atoms with E-state index in [-0.39, 0.29) is 5.91 Å². The minimum absolute atomic E-state index is 0.0523. The van der Waals surface area contributed by atoms with Crippen LogP contribution in [0.4, 0.5) is 0 Å². The summed E-state index contributed by atoms with van der Waals surface area (Å²) in [4.78, 5) is 24.3. The van der Waals surface area contributed by atoms with E-state index in [4.69, 9.17) is 14.2 Å². The number of ether oxygens (including phenoxy) is 3. The minimum atomic E-state index is -0.0523. The van der Waals surface area contributed by atoms with Gasteiger partial charge >= 0.3 is 0 Å². The Labute approximate surface area is 194 Å². The van der Waals surface area contributed by atoms with Crippen LogP contribution >= 0.6 is 0 Å². The van der Waals surface area contributed by atoms with Gasteiger partial charge in [0, 0.05) is 56.0 Å². The maximum absolute atomic E-state index is 13.2. The smallest absolute Gasteiger partial charge is 0.272 e. The van der Waals surface area contributed by atoms with E-state index in [2.05, 4.69) is 14.5 Å². The number of hydrogen-bond acceptors (Lipinski definition) is 6. The second-order valence-corrected chi connectivity index (χ2v) is 8.08. The molecule has 0 aliphatic carbocycles. The third-order valence-electron chi connectivity index (χ3n) is 6.06. The fourth-order valence-electron chi connectivity index (χ4n) is 4.32. The van der Waals surface area contributed by atoms with Crippen molar-refractivity contribution in [3.8, 4) is 5.75 Å². The molecule has 0 atom stereocenters. The molecule has 0 bridgehead atoms. The standard InChI is InChI=1S/C25H32N4O4/c1-3-32-16-17-33-15-14-28-13-10-26-24(28)19-8-11-29(12-9-19)25(30)22-18-23(31-2)20-6-4-5-7-21(20)27-22/h4-7,10,13,18-19H,3,8-9,11-12,14-17H2,1-2H3. The quantitative estimate of drug-likeness (QED) is 0.438. The van der Waals surface area contributed by atoms with Gasteiger partial charge in [0.2, 0.25) is 0 Å². The van der Waals surface area contributed by atoms with E-state index in [1.807, 2.05) is 48.5 Å². The number of likely N-dealkylation sites (tertiary alicyclic amines) is 1. The molecule has 1 aliphatic heterocycles. The summed E-state index contributed by atoms with van der Waals surface area (Å²) in [7, 11) is 1.62. The lowest BCUT2D eigenvalue weighted by molar-refractivity contribution is 0.0492. The molecule has 176 valence electrons. The fourth-order valence-corrected chi connectivity index (χ4v) is 4.32. The summed E-state index contributed by atoms with van der Waals surface area (Å²) in [6, 6.07) is 9.46. The Morgan fingerprint density at radius 1 is 1.12 bits per heavy atom. The summed E-state index contributed by atoms with van der Waals surface area (Å²) < 4.78 is 18.6. The highest BCUT2D eigenvalue weighted by molar-refractivity contribution is 5.97. The molecule has 1 aromatic carbocycles. The number of carbonyl (C=O) groups excluding carboxylic acids is 1. The first kappa shape index (κ1) is 23.2. The molecule has 3 aromatic rings. The number of pyridine rings is 1. The summed E-state index contributed by atoms with van der Waals surface area (Å²) in [5.74, 6) is 2.01. The maximum atomic E-state index is 13.2. The molecule has 3 heterocycles. The number of piperidine rings is 1. The SMILES string of the molecule is CCOCCOCCn1ccnc1C1CCN(C(=O)c2cc(OC)c3ccccc3n2)CC1. The number of carbonyl (C=O) groups is 1. The van der Waals surface area contributed by atoms with Crippen LogP contribution in [-0.4, -0.2) is 72.0 Å². The van der Waals surface area contributed by atoms with E-state index in [1.165, 1.54) is 0 Å². The number of methoxy groups -OCH3 is 1. The summed E-state index contributed by atoms with van der Waals surface area (Å²) in [5.41, 5.74) is 1.19. The van der Waals surface area contributed by atoms with Crippen molar-refractivity contribution in [3.63, 3.8) is 0 Å². The predicted molar refractivity (Wildman–Crippen MR) is 126 cm³/mol. The Hall–Kier alpha value is -2.97. The monoisotopic (exact) mass is 452 g/mol. The highest BCUT2D eigenvalue weighted by Gasteiger charge is 2.28. The van der Waals surface area contributed by atoms with Gasteiger partial charge in [0.15, 0.2) is 0 Å². The first-order valence-electron chi connectivity index (χ1n) is 11.6. The van der Waals surface area contributed by atoms with Crippen molar-refractivity contribution in [2.75, 3.05) is 46.6 Å². The van der Waals surface area contributed by atoms with Crippen LogP contribution in [0, 0.1) is 0 Å². The van der Waals surface area contributed by atoms with Gasteiger partial charge < -0.3 is 23.7 Å². The topological polar surface area (TPSA) is 78.7 Å². The van der Waals surface area contributed by atoms with Gasteiger partial charge in [-0.05, 0) is 31.9 Å². The van der Waals surface area contributed by atoms with Gasteiger partial charge in [-0.1, -0.05) is 12.1 Å². The molecule has 0 unspecified atom stereocenters. The number of hydrogen-bond donors (Lipinski definition) is 0. The van der Waals surface area contributed by atoms with E-state index in [0.717, 1.165) is 36.1 Å². The fraction of sp³-hybridized carbons (Fsp3) is 0.480. The van der Waals surface area contributed by atoms with Crippen LogP contribution in [0.2, 0.25) is 0 Å².